The summed E-state index contributed by atoms with van der Waals surface area (Å²) in [5.74, 6) is -3.90. The SMILES string of the molecule is CCCCCC/C=C/CC[N+](C(C)C(=O)[O-])(C(C)C(=O)O)C(C)C(=O)O. The lowest BCUT2D eigenvalue weighted by Crippen LogP contribution is -2.71. The summed E-state index contributed by atoms with van der Waals surface area (Å²) in [5.41, 5.74) is 0. The topological polar surface area (TPSA) is 115 Å². The maximum Gasteiger partial charge on any atom is 0.362 e. The molecule has 7 heteroatoms. The zero-order valence-electron chi connectivity index (χ0n) is 16.3. The molecule has 0 aliphatic carbocycles. The van der Waals surface area contributed by atoms with Crippen LogP contribution in [0.15, 0.2) is 12.2 Å². The molecule has 0 amide bonds. The molecule has 0 fully saturated rings. The number of hydrogen-bond donors (Lipinski definition) is 2. The zero-order chi connectivity index (χ0) is 20.3. The van der Waals surface area contributed by atoms with E-state index in [9.17, 15) is 29.7 Å². The molecule has 150 valence electrons. The average Bonchev–Trinajstić information content (AvgIpc) is 2.58. The number of aliphatic carboxylic acids is 3. The Morgan fingerprint density at radius 3 is 1.81 bits per heavy atom. The van der Waals surface area contributed by atoms with Gasteiger partial charge in [-0.15, -0.1) is 0 Å². The normalized spacial score (nSPS) is 17.4. The molecule has 3 unspecified atom stereocenters. The molecule has 0 saturated heterocycles. The molecule has 0 aliphatic rings. The van der Waals surface area contributed by atoms with Crippen molar-refractivity contribution in [3.8, 4) is 0 Å². The molecule has 0 rings (SSSR count). The second kappa shape index (κ2) is 11.7. The van der Waals surface area contributed by atoms with Gasteiger partial charge in [0.15, 0.2) is 12.1 Å². The predicted molar refractivity (Wildman–Crippen MR) is 96.3 cm³/mol. The quantitative estimate of drug-likeness (QED) is 0.273. The second-order valence-electron chi connectivity index (χ2n) is 6.85. The molecule has 0 heterocycles. The maximum atomic E-state index is 11.6. The highest BCUT2D eigenvalue weighted by Crippen LogP contribution is 2.26. The van der Waals surface area contributed by atoms with Gasteiger partial charge in [-0.25, -0.2) is 9.59 Å². The van der Waals surface area contributed by atoms with Gasteiger partial charge in [-0.1, -0.05) is 38.3 Å². The van der Waals surface area contributed by atoms with Crippen molar-refractivity contribution in [1.29, 1.82) is 0 Å². The number of allylic oxidation sites excluding steroid dienone is 1. The summed E-state index contributed by atoms with van der Waals surface area (Å²) in [7, 11) is 0. The first kappa shape index (κ1) is 24.1. The van der Waals surface area contributed by atoms with Gasteiger partial charge >= 0.3 is 11.9 Å². The average molecular weight is 371 g/mol. The van der Waals surface area contributed by atoms with Crippen LogP contribution >= 0.6 is 0 Å². The van der Waals surface area contributed by atoms with E-state index < -0.39 is 40.5 Å². The number of quaternary nitrogens is 1. The minimum absolute atomic E-state index is 0.0988. The van der Waals surface area contributed by atoms with Crippen molar-refractivity contribution in [2.45, 2.75) is 84.3 Å². The number of carboxylic acids is 3. The molecule has 2 N–H and O–H groups in total. The minimum atomic E-state index is -1.45. The lowest BCUT2D eigenvalue weighted by molar-refractivity contribution is -0.969. The van der Waals surface area contributed by atoms with E-state index >= 15 is 0 Å². The Balaban J connectivity index is 5.36. The van der Waals surface area contributed by atoms with Crippen molar-refractivity contribution in [2.75, 3.05) is 6.54 Å². The highest BCUT2D eigenvalue weighted by molar-refractivity contribution is 5.76. The fourth-order valence-electron chi connectivity index (χ4n) is 3.42. The Kier molecular flexibility index (Phi) is 10.8. The molecule has 0 aliphatic heterocycles. The largest absolute Gasteiger partial charge is 0.544 e. The lowest BCUT2D eigenvalue weighted by Gasteiger charge is -2.49. The third kappa shape index (κ3) is 6.44. The van der Waals surface area contributed by atoms with Crippen LogP contribution in [0.2, 0.25) is 0 Å². The number of nitrogens with zero attached hydrogens (tertiary/aromatic N) is 1. The van der Waals surface area contributed by atoms with E-state index in [1.165, 1.54) is 27.2 Å². The number of carbonyl (C=O) groups excluding carboxylic acids is 1. The summed E-state index contributed by atoms with van der Waals surface area (Å²) in [6, 6.07) is -3.64. The molecule has 0 aromatic carbocycles. The standard InChI is InChI=1S/C19H33NO6/c1-5-6-7-8-9-10-11-12-13-20(14(2)17(21)22,15(3)18(23)24)16(4)19(25)26/h10-11,14-16H,5-9,12-13H2,1-4H3,(H2-,21,22,23,24,25,26)/b11-10+. The van der Waals surface area contributed by atoms with E-state index in [1.807, 2.05) is 12.2 Å². The van der Waals surface area contributed by atoms with Gasteiger partial charge in [0.2, 0.25) is 0 Å². The first-order valence-corrected chi connectivity index (χ1v) is 9.31. The Morgan fingerprint density at radius 1 is 0.885 bits per heavy atom. The van der Waals surface area contributed by atoms with Crippen LogP contribution < -0.4 is 5.11 Å². The third-order valence-electron chi connectivity index (χ3n) is 5.29. The van der Waals surface area contributed by atoms with Crippen LogP contribution in [0.25, 0.3) is 0 Å². The summed E-state index contributed by atoms with van der Waals surface area (Å²) in [6.45, 7) is 6.27. The monoisotopic (exact) mass is 371 g/mol. The minimum Gasteiger partial charge on any atom is -0.544 e. The lowest BCUT2D eigenvalue weighted by atomic mass is 10.0. The highest BCUT2D eigenvalue weighted by Gasteiger charge is 2.50. The Labute approximate surface area is 155 Å². The maximum absolute atomic E-state index is 11.6. The van der Waals surface area contributed by atoms with Gasteiger partial charge in [-0.05, 0) is 33.6 Å². The molecule has 0 spiro atoms. The molecular weight excluding hydrogens is 338 g/mol. The Bertz CT molecular complexity index is 452. The summed E-state index contributed by atoms with van der Waals surface area (Å²) in [4.78, 5) is 34.7. The Morgan fingerprint density at radius 2 is 1.38 bits per heavy atom. The number of rotatable bonds is 14. The molecule has 7 nitrogen and oxygen atoms in total. The van der Waals surface area contributed by atoms with Crippen LogP contribution in [0.3, 0.4) is 0 Å². The molecule has 0 aromatic heterocycles. The zero-order valence-corrected chi connectivity index (χ0v) is 16.3. The van der Waals surface area contributed by atoms with Crippen LogP contribution in [0.5, 0.6) is 0 Å². The third-order valence-corrected chi connectivity index (χ3v) is 5.29. The van der Waals surface area contributed by atoms with Gasteiger partial charge < -0.3 is 20.1 Å². The van der Waals surface area contributed by atoms with Crippen molar-refractivity contribution in [2.24, 2.45) is 0 Å². The van der Waals surface area contributed by atoms with E-state index in [2.05, 4.69) is 6.92 Å². The van der Waals surface area contributed by atoms with Crippen molar-refractivity contribution >= 4 is 17.9 Å². The van der Waals surface area contributed by atoms with Crippen LogP contribution in [-0.4, -0.2) is 57.3 Å². The smallest absolute Gasteiger partial charge is 0.362 e. The van der Waals surface area contributed by atoms with Crippen LogP contribution in [0.1, 0.15) is 66.2 Å². The first-order chi connectivity index (χ1) is 12.1. The number of carboxylic acid groups (broad SMARTS) is 3. The summed E-state index contributed by atoms with van der Waals surface area (Å²) in [5, 5.41) is 30.4. The van der Waals surface area contributed by atoms with Crippen molar-refractivity contribution in [3.05, 3.63) is 12.2 Å². The first-order valence-electron chi connectivity index (χ1n) is 9.31. The molecule has 0 aromatic rings. The van der Waals surface area contributed by atoms with E-state index in [0.717, 1.165) is 25.7 Å². The molecule has 0 saturated carbocycles. The molecule has 0 bridgehead atoms. The summed E-state index contributed by atoms with van der Waals surface area (Å²) in [6.07, 6.45) is 9.73. The van der Waals surface area contributed by atoms with Crippen molar-refractivity contribution in [1.82, 2.24) is 0 Å². The highest BCUT2D eigenvalue weighted by atomic mass is 16.4. The van der Waals surface area contributed by atoms with E-state index in [-0.39, 0.29) is 6.54 Å². The number of carbonyl (C=O) groups is 3. The fraction of sp³-hybridized carbons (Fsp3) is 0.737. The van der Waals surface area contributed by atoms with Gasteiger partial charge in [0.1, 0.15) is 6.04 Å². The molecule has 26 heavy (non-hydrogen) atoms. The van der Waals surface area contributed by atoms with E-state index in [1.54, 1.807) is 0 Å². The molecular formula is C19H33NO6. The predicted octanol–water partition coefficient (Wildman–Crippen LogP) is 1.80. The van der Waals surface area contributed by atoms with Crippen molar-refractivity contribution < 1.29 is 34.2 Å². The van der Waals surface area contributed by atoms with Gasteiger partial charge in [0.25, 0.3) is 0 Å². The van der Waals surface area contributed by atoms with Crippen LogP contribution in [0, 0.1) is 0 Å². The molecule has 3 atom stereocenters. The van der Waals surface area contributed by atoms with E-state index in [4.69, 9.17) is 0 Å². The molecule has 0 radical (unpaired) electrons. The fourth-order valence-corrected chi connectivity index (χ4v) is 3.42. The van der Waals surface area contributed by atoms with Gasteiger partial charge in [-0.2, -0.15) is 0 Å². The number of hydrogen-bond acceptors (Lipinski definition) is 4. The summed E-state index contributed by atoms with van der Waals surface area (Å²) < 4.78 is -0.590. The van der Waals surface area contributed by atoms with E-state index in [0.29, 0.717) is 6.42 Å². The van der Waals surface area contributed by atoms with Crippen molar-refractivity contribution in [3.63, 3.8) is 0 Å². The van der Waals surface area contributed by atoms with Gasteiger partial charge in [-0.3, -0.25) is 4.48 Å². The van der Waals surface area contributed by atoms with Crippen LogP contribution in [0.4, 0.5) is 0 Å². The van der Waals surface area contributed by atoms with Crippen LogP contribution in [-0.2, 0) is 14.4 Å². The van der Waals surface area contributed by atoms with Gasteiger partial charge in [0, 0.05) is 6.42 Å². The summed E-state index contributed by atoms with van der Waals surface area (Å²) >= 11 is 0. The van der Waals surface area contributed by atoms with Gasteiger partial charge in [0.05, 0.1) is 12.5 Å². The Hall–Kier alpha value is -1.89. The second-order valence-corrected chi connectivity index (χ2v) is 6.85. The number of unbranched alkanes of at least 4 members (excludes halogenated alkanes) is 4.